The Hall–Kier alpha value is -3.36. The van der Waals surface area contributed by atoms with E-state index in [4.69, 9.17) is 14.2 Å². The lowest BCUT2D eigenvalue weighted by Crippen LogP contribution is -2.29. The van der Waals surface area contributed by atoms with Crippen LogP contribution in [0.3, 0.4) is 0 Å². The molecular formula is C21H23F2N3O4. The minimum atomic E-state index is -2.74. The predicted octanol–water partition coefficient (Wildman–Crippen LogP) is 3.99. The SMILES string of the molecule is COc1ccc(C(=O)NC[C@@H](C)c2nc3ccccc3n2C(F)F)c(OC)c1OC. The second kappa shape index (κ2) is 8.98. The highest BCUT2D eigenvalue weighted by Crippen LogP contribution is 2.39. The molecule has 3 rings (SSSR count). The second-order valence-electron chi connectivity index (χ2n) is 6.60. The summed E-state index contributed by atoms with van der Waals surface area (Å²) in [5.41, 5.74) is 1.07. The zero-order valence-corrected chi connectivity index (χ0v) is 17.1. The second-order valence-corrected chi connectivity index (χ2v) is 6.60. The third-order valence-corrected chi connectivity index (χ3v) is 4.78. The van der Waals surface area contributed by atoms with Gasteiger partial charge < -0.3 is 19.5 Å². The van der Waals surface area contributed by atoms with Crippen LogP contribution in [-0.4, -0.2) is 43.3 Å². The average molecular weight is 419 g/mol. The normalized spacial score (nSPS) is 12.1. The number of alkyl halides is 2. The third-order valence-electron chi connectivity index (χ3n) is 4.78. The number of hydrogen-bond acceptors (Lipinski definition) is 5. The van der Waals surface area contributed by atoms with Crippen molar-refractivity contribution in [1.82, 2.24) is 14.9 Å². The van der Waals surface area contributed by atoms with Crippen LogP contribution in [0.2, 0.25) is 0 Å². The highest BCUT2D eigenvalue weighted by Gasteiger charge is 2.24. The van der Waals surface area contributed by atoms with Crippen molar-refractivity contribution in [2.45, 2.75) is 19.4 Å². The Morgan fingerprint density at radius 1 is 1.07 bits per heavy atom. The summed E-state index contributed by atoms with van der Waals surface area (Å²) in [5.74, 6) is 0.249. The van der Waals surface area contributed by atoms with Crippen molar-refractivity contribution in [3.8, 4) is 17.2 Å². The lowest BCUT2D eigenvalue weighted by atomic mass is 10.1. The Labute approximate surface area is 172 Å². The molecule has 0 fully saturated rings. The van der Waals surface area contributed by atoms with E-state index < -0.39 is 18.4 Å². The molecule has 1 heterocycles. The van der Waals surface area contributed by atoms with Gasteiger partial charge in [0, 0.05) is 12.5 Å². The summed E-state index contributed by atoms with van der Waals surface area (Å²) < 4.78 is 44.1. The van der Waals surface area contributed by atoms with E-state index in [1.54, 1.807) is 43.3 Å². The van der Waals surface area contributed by atoms with Crippen LogP contribution in [0.5, 0.6) is 17.2 Å². The fourth-order valence-corrected chi connectivity index (χ4v) is 3.33. The number of amides is 1. The Kier molecular flexibility index (Phi) is 6.39. The lowest BCUT2D eigenvalue weighted by Gasteiger charge is -2.17. The number of rotatable bonds is 8. The van der Waals surface area contributed by atoms with Crippen molar-refractivity contribution in [2.75, 3.05) is 27.9 Å². The molecule has 0 radical (unpaired) electrons. The van der Waals surface area contributed by atoms with Crippen LogP contribution in [0.1, 0.15) is 35.6 Å². The number of hydrogen-bond donors (Lipinski definition) is 1. The lowest BCUT2D eigenvalue weighted by molar-refractivity contribution is 0.0704. The number of carbonyl (C=O) groups excluding carboxylic acids is 1. The first-order valence-electron chi connectivity index (χ1n) is 9.25. The van der Waals surface area contributed by atoms with Crippen molar-refractivity contribution in [1.29, 1.82) is 0 Å². The molecule has 0 bridgehead atoms. The highest BCUT2D eigenvalue weighted by atomic mass is 19.3. The van der Waals surface area contributed by atoms with Gasteiger partial charge in [-0.15, -0.1) is 0 Å². The number of imidazole rings is 1. The Morgan fingerprint density at radius 3 is 2.40 bits per heavy atom. The van der Waals surface area contributed by atoms with Crippen LogP contribution in [0.4, 0.5) is 8.78 Å². The van der Waals surface area contributed by atoms with E-state index in [1.807, 2.05) is 0 Å². The van der Waals surface area contributed by atoms with E-state index in [9.17, 15) is 13.6 Å². The number of benzene rings is 2. The number of ether oxygens (including phenoxy) is 3. The summed E-state index contributed by atoms with van der Waals surface area (Å²) in [6, 6.07) is 9.84. The average Bonchev–Trinajstić information content (AvgIpc) is 3.15. The summed E-state index contributed by atoms with van der Waals surface area (Å²) >= 11 is 0. The van der Waals surface area contributed by atoms with Gasteiger partial charge in [0.2, 0.25) is 5.75 Å². The van der Waals surface area contributed by atoms with Crippen molar-refractivity contribution < 1.29 is 27.8 Å². The van der Waals surface area contributed by atoms with Gasteiger partial charge in [0.15, 0.2) is 11.5 Å². The molecule has 30 heavy (non-hydrogen) atoms. The van der Waals surface area contributed by atoms with E-state index in [2.05, 4.69) is 10.3 Å². The van der Waals surface area contributed by atoms with Crippen LogP contribution in [0, 0.1) is 0 Å². The number of nitrogens with zero attached hydrogens (tertiary/aromatic N) is 2. The van der Waals surface area contributed by atoms with Crippen LogP contribution >= 0.6 is 0 Å². The van der Waals surface area contributed by atoms with E-state index in [0.29, 0.717) is 22.5 Å². The fraction of sp³-hybridized carbons (Fsp3) is 0.333. The Morgan fingerprint density at radius 2 is 1.77 bits per heavy atom. The minimum absolute atomic E-state index is 0.104. The molecule has 0 aliphatic carbocycles. The topological polar surface area (TPSA) is 74.6 Å². The van der Waals surface area contributed by atoms with Gasteiger partial charge in [0.25, 0.3) is 5.91 Å². The van der Waals surface area contributed by atoms with E-state index >= 15 is 0 Å². The van der Waals surface area contributed by atoms with Gasteiger partial charge in [-0.3, -0.25) is 9.36 Å². The molecule has 0 saturated carbocycles. The maximum atomic E-state index is 13.7. The number of halogens is 2. The van der Waals surface area contributed by atoms with Gasteiger partial charge in [0.1, 0.15) is 5.82 Å². The summed E-state index contributed by atoms with van der Waals surface area (Å²) in [7, 11) is 4.34. The van der Waals surface area contributed by atoms with E-state index in [-0.39, 0.29) is 23.7 Å². The van der Waals surface area contributed by atoms with E-state index in [0.717, 1.165) is 4.57 Å². The summed E-state index contributed by atoms with van der Waals surface area (Å²) in [6.07, 6.45) is 0. The number of carbonyl (C=O) groups is 1. The van der Waals surface area contributed by atoms with Gasteiger partial charge in [-0.2, -0.15) is 8.78 Å². The summed E-state index contributed by atoms with van der Waals surface area (Å²) in [5, 5.41) is 2.76. The van der Waals surface area contributed by atoms with Crippen LogP contribution in [-0.2, 0) is 0 Å². The summed E-state index contributed by atoms with van der Waals surface area (Å²) in [4.78, 5) is 17.1. The first-order chi connectivity index (χ1) is 14.4. The van der Waals surface area contributed by atoms with Gasteiger partial charge in [-0.1, -0.05) is 19.1 Å². The minimum Gasteiger partial charge on any atom is -0.493 e. The van der Waals surface area contributed by atoms with Gasteiger partial charge >= 0.3 is 6.55 Å². The maximum Gasteiger partial charge on any atom is 0.320 e. The molecule has 0 saturated heterocycles. The van der Waals surface area contributed by atoms with Crippen molar-refractivity contribution >= 4 is 16.9 Å². The van der Waals surface area contributed by atoms with Crippen LogP contribution < -0.4 is 19.5 Å². The first-order valence-corrected chi connectivity index (χ1v) is 9.25. The molecule has 1 aromatic heterocycles. The van der Waals surface area contributed by atoms with Crippen LogP contribution in [0.15, 0.2) is 36.4 Å². The molecule has 0 aliphatic heterocycles. The third kappa shape index (κ3) is 3.87. The number of fused-ring (bicyclic) bond motifs is 1. The zero-order valence-electron chi connectivity index (χ0n) is 17.1. The fourth-order valence-electron chi connectivity index (χ4n) is 3.33. The quantitative estimate of drug-likeness (QED) is 0.598. The largest absolute Gasteiger partial charge is 0.493 e. The van der Waals surface area contributed by atoms with Gasteiger partial charge in [-0.05, 0) is 24.3 Å². The van der Waals surface area contributed by atoms with Crippen molar-refractivity contribution in [3.63, 3.8) is 0 Å². The molecule has 3 aromatic rings. The standard InChI is InChI=1S/C21H23F2N3O4/c1-12(19-25-14-7-5-6-8-15(14)26(19)21(22)23)11-24-20(27)13-9-10-16(28-2)18(30-4)17(13)29-3/h5-10,12,21H,11H2,1-4H3,(H,24,27)/t12-/m1/s1. The number of methoxy groups -OCH3 is 3. The molecule has 1 atom stereocenters. The van der Waals surface area contributed by atoms with Crippen molar-refractivity contribution in [3.05, 3.63) is 47.8 Å². The Bertz CT molecular complexity index is 1050. The maximum absolute atomic E-state index is 13.7. The molecule has 160 valence electrons. The highest BCUT2D eigenvalue weighted by molar-refractivity contribution is 5.98. The van der Waals surface area contributed by atoms with Crippen molar-refractivity contribution in [2.24, 2.45) is 0 Å². The Balaban J connectivity index is 1.84. The van der Waals surface area contributed by atoms with Crippen LogP contribution in [0.25, 0.3) is 11.0 Å². The molecule has 1 amide bonds. The summed E-state index contributed by atoms with van der Waals surface area (Å²) in [6.45, 7) is -0.907. The van der Waals surface area contributed by atoms with E-state index in [1.165, 1.54) is 21.3 Å². The molecule has 2 aromatic carbocycles. The molecule has 7 nitrogen and oxygen atoms in total. The molecule has 0 spiro atoms. The molecular weight excluding hydrogens is 396 g/mol. The molecule has 1 N–H and O–H groups in total. The molecule has 0 aliphatic rings. The monoisotopic (exact) mass is 419 g/mol. The number of para-hydroxylation sites is 2. The smallest absolute Gasteiger partial charge is 0.320 e. The molecule has 9 heteroatoms. The molecule has 0 unspecified atom stereocenters. The zero-order chi connectivity index (χ0) is 21.8. The predicted molar refractivity (Wildman–Crippen MR) is 108 cm³/mol. The number of nitrogens with one attached hydrogen (secondary N) is 1. The van der Waals surface area contributed by atoms with Gasteiger partial charge in [0.05, 0.1) is 37.9 Å². The first kappa shape index (κ1) is 21.4. The van der Waals surface area contributed by atoms with Gasteiger partial charge in [-0.25, -0.2) is 4.98 Å². The number of aromatic nitrogens is 2.